The van der Waals surface area contributed by atoms with Crippen LogP contribution < -0.4 is 5.32 Å². The minimum Gasteiger partial charge on any atom is -0.354 e. The summed E-state index contributed by atoms with van der Waals surface area (Å²) in [6, 6.07) is 14.6. The highest BCUT2D eigenvalue weighted by atomic mass is 35.5. The van der Waals surface area contributed by atoms with Crippen molar-refractivity contribution in [1.82, 2.24) is 25.5 Å². The molecule has 0 saturated carbocycles. The maximum absolute atomic E-state index is 12.0. The molecule has 0 aliphatic carbocycles. The van der Waals surface area contributed by atoms with E-state index in [1.54, 1.807) is 24.3 Å². The lowest BCUT2D eigenvalue weighted by Crippen LogP contribution is -2.30. The largest absolute Gasteiger partial charge is 0.354 e. The Hall–Kier alpha value is -2.44. The van der Waals surface area contributed by atoms with Crippen molar-refractivity contribution in [2.24, 2.45) is 0 Å². The lowest BCUT2D eigenvalue weighted by Gasteiger charge is -2.04. The SMILES string of the molecule is O=C(Cn1nnc(-c2ccc(Cl)cc2)n1)NCCc1ccc(Cl)cc1. The molecule has 25 heavy (non-hydrogen) atoms. The highest BCUT2D eigenvalue weighted by Gasteiger charge is 2.09. The van der Waals surface area contributed by atoms with Crippen LogP contribution in [0.15, 0.2) is 48.5 Å². The quantitative estimate of drug-likeness (QED) is 0.718. The third-order valence-electron chi connectivity index (χ3n) is 3.49. The average molecular weight is 376 g/mol. The maximum atomic E-state index is 12.0. The van der Waals surface area contributed by atoms with Crippen LogP contribution in [0.5, 0.6) is 0 Å². The lowest BCUT2D eigenvalue weighted by molar-refractivity contribution is -0.122. The fourth-order valence-electron chi connectivity index (χ4n) is 2.21. The van der Waals surface area contributed by atoms with Crippen LogP contribution >= 0.6 is 23.2 Å². The van der Waals surface area contributed by atoms with Crippen LogP contribution in [0.1, 0.15) is 5.56 Å². The number of aromatic nitrogens is 4. The molecule has 1 aromatic heterocycles. The van der Waals surface area contributed by atoms with Crippen LogP contribution in [-0.2, 0) is 17.8 Å². The van der Waals surface area contributed by atoms with Crippen LogP contribution in [0.3, 0.4) is 0 Å². The third-order valence-corrected chi connectivity index (χ3v) is 3.99. The predicted molar refractivity (Wildman–Crippen MR) is 96.4 cm³/mol. The van der Waals surface area contributed by atoms with E-state index in [9.17, 15) is 4.79 Å². The van der Waals surface area contributed by atoms with E-state index < -0.39 is 0 Å². The Morgan fingerprint density at radius 3 is 2.32 bits per heavy atom. The van der Waals surface area contributed by atoms with E-state index in [1.165, 1.54) is 4.80 Å². The Morgan fingerprint density at radius 2 is 1.64 bits per heavy atom. The van der Waals surface area contributed by atoms with Gasteiger partial charge in [-0.1, -0.05) is 35.3 Å². The Bertz CT molecular complexity index is 846. The number of rotatable bonds is 6. The van der Waals surface area contributed by atoms with Crippen LogP contribution in [-0.4, -0.2) is 32.7 Å². The molecular formula is C17H15Cl2N5O. The standard InChI is InChI=1S/C17H15Cl2N5O/c18-14-5-1-12(2-6-14)9-10-20-16(25)11-24-22-17(21-23-24)13-3-7-15(19)8-4-13/h1-8H,9-11H2,(H,20,25). The number of nitrogens with one attached hydrogen (secondary N) is 1. The summed E-state index contributed by atoms with van der Waals surface area (Å²) in [5, 5.41) is 16.2. The highest BCUT2D eigenvalue weighted by Crippen LogP contribution is 2.16. The van der Waals surface area contributed by atoms with Gasteiger partial charge in [0.15, 0.2) is 0 Å². The summed E-state index contributed by atoms with van der Waals surface area (Å²) in [5.41, 5.74) is 1.90. The fraction of sp³-hybridized carbons (Fsp3) is 0.176. The second kappa shape index (κ2) is 8.09. The first-order valence-electron chi connectivity index (χ1n) is 7.65. The zero-order chi connectivity index (χ0) is 17.6. The van der Waals surface area contributed by atoms with Gasteiger partial charge in [-0.05, 0) is 53.6 Å². The van der Waals surface area contributed by atoms with Crippen molar-refractivity contribution < 1.29 is 4.79 Å². The summed E-state index contributed by atoms with van der Waals surface area (Å²) >= 11 is 11.7. The fourth-order valence-corrected chi connectivity index (χ4v) is 2.46. The van der Waals surface area contributed by atoms with Crippen molar-refractivity contribution in [2.75, 3.05) is 6.54 Å². The molecule has 1 heterocycles. The molecule has 8 heteroatoms. The highest BCUT2D eigenvalue weighted by molar-refractivity contribution is 6.30. The normalized spacial score (nSPS) is 10.6. The number of hydrogen-bond acceptors (Lipinski definition) is 4. The number of tetrazole rings is 1. The van der Waals surface area contributed by atoms with E-state index >= 15 is 0 Å². The smallest absolute Gasteiger partial charge is 0.243 e. The van der Waals surface area contributed by atoms with Gasteiger partial charge in [-0.15, -0.1) is 10.2 Å². The van der Waals surface area contributed by atoms with Crippen LogP contribution in [0.4, 0.5) is 0 Å². The van der Waals surface area contributed by atoms with Gasteiger partial charge >= 0.3 is 0 Å². The number of nitrogens with zero attached hydrogens (tertiary/aromatic N) is 4. The molecule has 0 radical (unpaired) electrons. The number of benzene rings is 2. The number of hydrogen-bond donors (Lipinski definition) is 1. The summed E-state index contributed by atoms with van der Waals surface area (Å²) in [6.07, 6.45) is 0.726. The molecule has 2 aromatic carbocycles. The van der Waals surface area contributed by atoms with Gasteiger partial charge in [0, 0.05) is 22.2 Å². The molecule has 0 saturated heterocycles. The van der Waals surface area contributed by atoms with Gasteiger partial charge in [0.2, 0.25) is 11.7 Å². The average Bonchev–Trinajstić information content (AvgIpc) is 3.06. The van der Waals surface area contributed by atoms with Gasteiger partial charge in [-0.3, -0.25) is 4.79 Å². The molecule has 3 aromatic rings. The molecule has 0 bridgehead atoms. The first kappa shape index (κ1) is 17.4. The third kappa shape index (κ3) is 5.01. The van der Waals surface area contributed by atoms with Crippen LogP contribution in [0, 0.1) is 0 Å². The Labute approximate surface area is 154 Å². The summed E-state index contributed by atoms with van der Waals surface area (Å²) in [5.74, 6) is 0.277. The minimum atomic E-state index is -0.172. The zero-order valence-electron chi connectivity index (χ0n) is 13.2. The summed E-state index contributed by atoms with van der Waals surface area (Å²) in [4.78, 5) is 13.2. The molecule has 3 rings (SSSR count). The maximum Gasteiger partial charge on any atom is 0.243 e. The molecule has 0 spiro atoms. The summed E-state index contributed by atoms with van der Waals surface area (Å²) in [6.45, 7) is 0.542. The lowest BCUT2D eigenvalue weighted by atomic mass is 10.1. The van der Waals surface area contributed by atoms with E-state index in [0.29, 0.717) is 22.4 Å². The second-order valence-corrected chi connectivity index (χ2v) is 6.25. The molecule has 0 fully saturated rings. The Morgan fingerprint density at radius 1 is 1.00 bits per heavy atom. The topological polar surface area (TPSA) is 72.7 Å². The van der Waals surface area contributed by atoms with E-state index in [0.717, 1.165) is 17.5 Å². The Balaban J connectivity index is 1.49. The van der Waals surface area contributed by atoms with Gasteiger partial charge in [0.05, 0.1) is 0 Å². The molecule has 0 unspecified atom stereocenters. The summed E-state index contributed by atoms with van der Waals surface area (Å²) < 4.78 is 0. The molecule has 1 amide bonds. The number of carbonyl (C=O) groups is 1. The van der Waals surface area contributed by atoms with Gasteiger partial charge in [0.1, 0.15) is 6.54 Å². The van der Waals surface area contributed by atoms with E-state index in [2.05, 4.69) is 20.7 Å². The molecule has 0 atom stereocenters. The number of halogens is 2. The second-order valence-electron chi connectivity index (χ2n) is 5.38. The van der Waals surface area contributed by atoms with Gasteiger partial charge in [-0.2, -0.15) is 4.80 Å². The first-order chi connectivity index (χ1) is 12.1. The van der Waals surface area contributed by atoms with Crippen molar-refractivity contribution in [1.29, 1.82) is 0 Å². The van der Waals surface area contributed by atoms with E-state index in [1.807, 2.05) is 24.3 Å². The molecule has 128 valence electrons. The van der Waals surface area contributed by atoms with Crippen LogP contribution in [0.25, 0.3) is 11.4 Å². The van der Waals surface area contributed by atoms with Crippen LogP contribution in [0.2, 0.25) is 10.0 Å². The predicted octanol–water partition coefficient (Wildman–Crippen LogP) is 3.01. The van der Waals surface area contributed by atoms with Gasteiger partial charge in [0.25, 0.3) is 0 Å². The molecular weight excluding hydrogens is 361 g/mol. The molecule has 6 nitrogen and oxygen atoms in total. The zero-order valence-corrected chi connectivity index (χ0v) is 14.7. The van der Waals surface area contributed by atoms with Crippen molar-refractivity contribution in [2.45, 2.75) is 13.0 Å². The van der Waals surface area contributed by atoms with Gasteiger partial charge < -0.3 is 5.32 Å². The molecule has 0 aliphatic heterocycles. The van der Waals surface area contributed by atoms with Crippen molar-refractivity contribution >= 4 is 29.1 Å². The monoisotopic (exact) mass is 375 g/mol. The molecule has 1 N–H and O–H groups in total. The minimum absolute atomic E-state index is 0.0151. The molecule has 0 aliphatic rings. The number of amides is 1. The number of carbonyl (C=O) groups excluding carboxylic acids is 1. The van der Waals surface area contributed by atoms with Crippen molar-refractivity contribution in [3.05, 3.63) is 64.1 Å². The van der Waals surface area contributed by atoms with Gasteiger partial charge in [-0.25, -0.2) is 0 Å². The van der Waals surface area contributed by atoms with Crippen molar-refractivity contribution in [3.8, 4) is 11.4 Å². The summed E-state index contributed by atoms with van der Waals surface area (Å²) in [7, 11) is 0. The van der Waals surface area contributed by atoms with E-state index in [4.69, 9.17) is 23.2 Å². The Kier molecular flexibility index (Phi) is 5.63. The van der Waals surface area contributed by atoms with Crippen molar-refractivity contribution in [3.63, 3.8) is 0 Å². The van der Waals surface area contributed by atoms with E-state index in [-0.39, 0.29) is 12.5 Å². The first-order valence-corrected chi connectivity index (χ1v) is 8.40.